The molecule has 1 fully saturated rings. The molecule has 0 spiro atoms. The highest BCUT2D eigenvalue weighted by Gasteiger charge is 2.31. The van der Waals surface area contributed by atoms with Gasteiger partial charge in [0.15, 0.2) is 0 Å². The van der Waals surface area contributed by atoms with Crippen LogP contribution in [0, 0.1) is 26.7 Å². The Morgan fingerprint density at radius 1 is 1.15 bits per heavy atom. The number of ether oxygens (including phenoxy) is 2. The van der Waals surface area contributed by atoms with E-state index in [1.54, 1.807) is 0 Å². The molecule has 5 nitrogen and oxygen atoms in total. The fourth-order valence-corrected chi connectivity index (χ4v) is 3.65. The van der Waals surface area contributed by atoms with E-state index in [9.17, 15) is 9.59 Å². The Hall–Kier alpha value is -2.34. The average Bonchev–Trinajstić information content (AvgIpc) is 3.41. The number of rotatable bonds is 7. The first-order chi connectivity index (χ1) is 12.5. The Balaban J connectivity index is 1.58. The van der Waals surface area contributed by atoms with Crippen LogP contribution < -0.4 is 10.1 Å². The topological polar surface area (TPSA) is 64.6 Å². The zero-order valence-corrected chi connectivity index (χ0v) is 16.1. The lowest BCUT2D eigenvalue weighted by molar-refractivity contribution is -0.117. The van der Waals surface area contributed by atoms with Crippen molar-refractivity contribution in [1.29, 1.82) is 0 Å². The van der Waals surface area contributed by atoms with Gasteiger partial charge in [-0.05, 0) is 50.8 Å². The van der Waals surface area contributed by atoms with Gasteiger partial charge in [0, 0.05) is 10.8 Å². The van der Waals surface area contributed by atoms with Crippen LogP contribution in [0.5, 0.6) is 5.75 Å². The van der Waals surface area contributed by atoms with Crippen LogP contribution in [0.2, 0.25) is 0 Å². The minimum atomic E-state index is -0.425. The van der Waals surface area contributed by atoms with Crippen LogP contribution in [0.15, 0.2) is 24.3 Å². The average molecular weight is 373 g/mol. The summed E-state index contributed by atoms with van der Waals surface area (Å²) < 4.78 is 11.0. The number of carbonyl (C=O) groups excluding carboxylic acids is 2. The first kappa shape index (κ1) is 18.5. The number of nitrogens with one attached hydrogen (secondary N) is 1. The summed E-state index contributed by atoms with van der Waals surface area (Å²) in [5, 5.41) is 3.47. The number of hydrogen-bond donors (Lipinski definition) is 1. The molecule has 3 rings (SSSR count). The largest absolute Gasteiger partial charge is 0.490 e. The van der Waals surface area contributed by atoms with Crippen LogP contribution in [0.25, 0.3) is 0 Å². The second-order valence-corrected chi connectivity index (χ2v) is 7.73. The monoisotopic (exact) mass is 373 g/mol. The van der Waals surface area contributed by atoms with E-state index in [0.717, 1.165) is 34.6 Å². The fourth-order valence-electron chi connectivity index (χ4n) is 2.60. The van der Waals surface area contributed by atoms with Gasteiger partial charge < -0.3 is 14.8 Å². The van der Waals surface area contributed by atoms with Gasteiger partial charge in [0.25, 0.3) is 0 Å². The molecule has 0 radical (unpaired) electrons. The zero-order chi connectivity index (χ0) is 18.7. The van der Waals surface area contributed by atoms with E-state index in [1.165, 1.54) is 11.3 Å². The highest BCUT2D eigenvalue weighted by Crippen LogP contribution is 2.36. The van der Waals surface area contributed by atoms with Gasteiger partial charge in [-0.1, -0.05) is 18.2 Å². The first-order valence-corrected chi connectivity index (χ1v) is 9.55. The molecule has 1 aliphatic rings. The third kappa shape index (κ3) is 4.25. The van der Waals surface area contributed by atoms with Gasteiger partial charge in [0.05, 0.1) is 5.56 Å². The van der Waals surface area contributed by atoms with Crippen molar-refractivity contribution in [3.05, 3.63) is 45.8 Å². The number of anilines is 1. The van der Waals surface area contributed by atoms with Crippen LogP contribution >= 0.6 is 11.3 Å². The number of hydrogen-bond acceptors (Lipinski definition) is 5. The highest BCUT2D eigenvalue weighted by molar-refractivity contribution is 7.16. The minimum Gasteiger partial charge on any atom is -0.490 e. The molecule has 0 aliphatic heterocycles. The fraction of sp³-hybridized carbons (Fsp3) is 0.400. The quantitative estimate of drug-likeness (QED) is 0.582. The van der Waals surface area contributed by atoms with Crippen molar-refractivity contribution in [2.75, 3.05) is 18.5 Å². The van der Waals surface area contributed by atoms with Gasteiger partial charge in [-0.25, -0.2) is 4.79 Å². The van der Waals surface area contributed by atoms with Gasteiger partial charge in [0.2, 0.25) is 5.91 Å². The predicted octanol–water partition coefficient (Wildman–Crippen LogP) is 4.26. The van der Waals surface area contributed by atoms with Crippen molar-refractivity contribution < 1.29 is 19.1 Å². The Labute approximate surface area is 157 Å². The third-order valence-corrected chi connectivity index (χ3v) is 5.56. The molecule has 1 saturated carbocycles. The van der Waals surface area contributed by atoms with Gasteiger partial charge in [-0.15, -0.1) is 11.3 Å². The van der Waals surface area contributed by atoms with E-state index in [2.05, 4.69) is 5.32 Å². The Morgan fingerprint density at radius 3 is 2.58 bits per heavy atom. The zero-order valence-electron chi connectivity index (χ0n) is 15.3. The summed E-state index contributed by atoms with van der Waals surface area (Å²) >= 11 is 1.42. The standard InChI is InChI=1S/C20H23NO4S/c1-12-6-4-5-7-16(12)24-10-11-25-20(23)17-13(2)14(3)26-19(17)21-18(22)15-8-9-15/h4-7,15H,8-11H2,1-3H3,(H,21,22). The van der Waals surface area contributed by atoms with Crippen LogP contribution in [0.4, 0.5) is 5.00 Å². The number of thiophene rings is 1. The van der Waals surface area contributed by atoms with Crippen LogP contribution in [0.3, 0.4) is 0 Å². The van der Waals surface area contributed by atoms with Crippen molar-refractivity contribution in [2.24, 2.45) is 5.92 Å². The van der Waals surface area contributed by atoms with Crippen molar-refractivity contribution in [2.45, 2.75) is 33.6 Å². The Morgan fingerprint density at radius 2 is 1.88 bits per heavy atom. The molecular weight excluding hydrogens is 350 g/mol. The van der Waals surface area contributed by atoms with E-state index in [1.807, 2.05) is 45.0 Å². The number of aryl methyl sites for hydroxylation is 2. The molecule has 26 heavy (non-hydrogen) atoms. The molecule has 1 aliphatic carbocycles. The number of esters is 1. The minimum absolute atomic E-state index is 0.0109. The van der Waals surface area contributed by atoms with E-state index < -0.39 is 5.97 Å². The molecule has 2 aromatic rings. The number of amides is 1. The molecule has 1 aromatic carbocycles. The van der Waals surface area contributed by atoms with Crippen LogP contribution in [0.1, 0.15) is 39.2 Å². The summed E-state index contributed by atoms with van der Waals surface area (Å²) in [6, 6.07) is 7.70. The second-order valence-electron chi connectivity index (χ2n) is 6.50. The molecule has 1 N–H and O–H groups in total. The molecule has 0 saturated heterocycles. The van der Waals surface area contributed by atoms with Gasteiger partial charge in [-0.2, -0.15) is 0 Å². The lowest BCUT2D eigenvalue weighted by atomic mass is 10.1. The van der Waals surface area contributed by atoms with Crippen molar-refractivity contribution >= 4 is 28.2 Å². The third-order valence-electron chi connectivity index (χ3n) is 4.44. The second kappa shape index (κ2) is 7.91. The molecule has 0 bridgehead atoms. The smallest absolute Gasteiger partial charge is 0.341 e. The summed E-state index contributed by atoms with van der Waals surface area (Å²) in [7, 11) is 0. The maximum atomic E-state index is 12.5. The van der Waals surface area contributed by atoms with E-state index in [4.69, 9.17) is 9.47 Å². The first-order valence-electron chi connectivity index (χ1n) is 8.73. The lowest BCUT2D eigenvalue weighted by Gasteiger charge is -2.10. The van der Waals surface area contributed by atoms with Crippen LogP contribution in [-0.4, -0.2) is 25.1 Å². The Bertz CT molecular complexity index is 823. The molecule has 1 aromatic heterocycles. The van der Waals surface area contributed by atoms with Crippen molar-refractivity contribution in [3.63, 3.8) is 0 Å². The number of benzene rings is 1. The van der Waals surface area contributed by atoms with Gasteiger partial charge in [0.1, 0.15) is 24.0 Å². The number of carbonyl (C=O) groups is 2. The molecular formula is C20H23NO4S. The number of para-hydroxylation sites is 1. The molecule has 1 amide bonds. The lowest BCUT2D eigenvalue weighted by Crippen LogP contribution is -2.17. The SMILES string of the molecule is Cc1ccccc1OCCOC(=O)c1c(NC(=O)C2CC2)sc(C)c1C. The van der Waals surface area contributed by atoms with Gasteiger partial charge >= 0.3 is 5.97 Å². The normalized spacial score (nSPS) is 13.3. The van der Waals surface area contributed by atoms with Crippen LogP contribution in [-0.2, 0) is 9.53 Å². The molecule has 138 valence electrons. The molecule has 0 unspecified atom stereocenters. The molecule has 6 heteroatoms. The molecule has 1 heterocycles. The van der Waals surface area contributed by atoms with Crippen molar-refractivity contribution in [1.82, 2.24) is 0 Å². The maximum Gasteiger partial charge on any atom is 0.341 e. The summed E-state index contributed by atoms with van der Waals surface area (Å²) in [4.78, 5) is 25.6. The molecule has 0 atom stereocenters. The summed E-state index contributed by atoms with van der Waals surface area (Å²) in [6.07, 6.45) is 1.84. The van der Waals surface area contributed by atoms with Gasteiger partial charge in [-0.3, -0.25) is 4.79 Å². The summed E-state index contributed by atoms with van der Waals surface area (Å²) in [5.74, 6) is 0.433. The van der Waals surface area contributed by atoms with E-state index in [-0.39, 0.29) is 25.0 Å². The van der Waals surface area contributed by atoms with E-state index >= 15 is 0 Å². The Kier molecular flexibility index (Phi) is 5.61. The van der Waals surface area contributed by atoms with Crippen molar-refractivity contribution in [3.8, 4) is 5.75 Å². The summed E-state index contributed by atoms with van der Waals surface area (Å²) in [6.45, 7) is 6.21. The maximum absolute atomic E-state index is 12.5. The highest BCUT2D eigenvalue weighted by atomic mass is 32.1. The van der Waals surface area contributed by atoms with E-state index in [0.29, 0.717) is 10.6 Å². The summed E-state index contributed by atoms with van der Waals surface area (Å²) in [5.41, 5.74) is 2.34. The predicted molar refractivity (Wildman–Crippen MR) is 102 cm³/mol.